The highest BCUT2D eigenvalue weighted by Crippen LogP contribution is 2.17. The van der Waals surface area contributed by atoms with E-state index in [-0.39, 0.29) is 0 Å². The molecule has 0 aromatic heterocycles. The molecule has 1 rings (SSSR count). The Hall–Kier alpha value is -1.55. The Morgan fingerprint density at radius 1 is 1.32 bits per heavy atom. The number of carbonyl (C=O) groups is 1. The van der Waals surface area contributed by atoms with E-state index in [0.29, 0.717) is 6.54 Å². The molecule has 19 heavy (non-hydrogen) atoms. The van der Waals surface area contributed by atoms with Crippen molar-refractivity contribution in [3.05, 3.63) is 29.3 Å². The topological polar surface area (TPSA) is 52.6 Å². The largest absolute Gasteiger partial charge is 0.480 e. The number of anilines is 1. The van der Waals surface area contributed by atoms with Crippen molar-refractivity contribution < 1.29 is 9.90 Å². The van der Waals surface area contributed by atoms with E-state index < -0.39 is 12.0 Å². The van der Waals surface area contributed by atoms with Crippen molar-refractivity contribution in [1.29, 1.82) is 0 Å². The monoisotopic (exact) mass is 264 g/mol. The van der Waals surface area contributed by atoms with Crippen LogP contribution in [0.2, 0.25) is 0 Å². The second-order valence-corrected chi connectivity index (χ2v) is 5.07. The molecule has 0 spiro atoms. The van der Waals surface area contributed by atoms with Crippen LogP contribution in [-0.2, 0) is 4.79 Å². The molecule has 1 aromatic carbocycles. The minimum atomic E-state index is -0.801. The van der Waals surface area contributed by atoms with E-state index in [0.717, 1.165) is 18.7 Å². The molecule has 1 aromatic rings. The Morgan fingerprint density at radius 3 is 2.37 bits per heavy atom. The van der Waals surface area contributed by atoms with Gasteiger partial charge in [-0.25, -0.2) is 0 Å². The zero-order chi connectivity index (χ0) is 14.4. The molecular formula is C15H24N2O2. The van der Waals surface area contributed by atoms with Gasteiger partial charge in [-0.3, -0.25) is 4.79 Å². The van der Waals surface area contributed by atoms with Gasteiger partial charge in [-0.1, -0.05) is 13.0 Å². The van der Waals surface area contributed by atoms with Gasteiger partial charge in [0.25, 0.3) is 0 Å². The first-order chi connectivity index (χ1) is 8.93. The number of nitrogens with zero attached hydrogens (tertiary/aromatic N) is 1. The Morgan fingerprint density at radius 2 is 1.89 bits per heavy atom. The molecule has 0 heterocycles. The fraction of sp³-hybridized carbons (Fsp3) is 0.533. The molecule has 4 nitrogen and oxygen atoms in total. The number of likely N-dealkylation sites (N-methyl/N-ethyl adjacent to an activating group) is 1. The highest BCUT2D eigenvalue weighted by molar-refractivity contribution is 5.74. The van der Waals surface area contributed by atoms with Gasteiger partial charge in [0.1, 0.15) is 6.04 Å². The fourth-order valence-corrected chi connectivity index (χ4v) is 2.10. The number of carboxylic acids is 1. The third kappa shape index (κ3) is 4.91. The van der Waals surface area contributed by atoms with E-state index in [9.17, 15) is 9.90 Å². The molecule has 0 radical (unpaired) electrons. The SMILES string of the molecule is CCCNC(CN(C)c1cc(C)cc(C)c1)C(=O)O. The van der Waals surface area contributed by atoms with Crippen LogP contribution in [0.15, 0.2) is 18.2 Å². The molecule has 2 N–H and O–H groups in total. The average molecular weight is 264 g/mol. The summed E-state index contributed by atoms with van der Waals surface area (Å²) >= 11 is 0. The van der Waals surface area contributed by atoms with Gasteiger partial charge in [0, 0.05) is 19.3 Å². The number of benzene rings is 1. The van der Waals surface area contributed by atoms with Crippen molar-refractivity contribution in [3.8, 4) is 0 Å². The van der Waals surface area contributed by atoms with Crippen molar-refractivity contribution >= 4 is 11.7 Å². The lowest BCUT2D eigenvalue weighted by atomic mass is 10.1. The van der Waals surface area contributed by atoms with E-state index in [1.54, 1.807) is 0 Å². The predicted molar refractivity (Wildman–Crippen MR) is 78.9 cm³/mol. The summed E-state index contributed by atoms with van der Waals surface area (Å²) in [5.74, 6) is -0.801. The normalized spacial score (nSPS) is 12.2. The third-order valence-corrected chi connectivity index (χ3v) is 3.04. The lowest BCUT2D eigenvalue weighted by molar-refractivity contribution is -0.139. The molecule has 0 aliphatic heterocycles. The van der Waals surface area contributed by atoms with Gasteiger partial charge in [0.15, 0.2) is 0 Å². The molecule has 0 aliphatic carbocycles. The summed E-state index contributed by atoms with van der Waals surface area (Å²) in [6.07, 6.45) is 0.928. The summed E-state index contributed by atoms with van der Waals surface area (Å²) < 4.78 is 0. The van der Waals surface area contributed by atoms with Gasteiger partial charge >= 0.3 is 5.97 Å². The molecule has 1 unspecified atom stereocenters. The van der Waals surface area contributed by atoms with E-state index in [1.165, 1.54) is 11.1 Å². The summed E-state index contributed by atoms with van der Waals surface area (Å²) in [5, 5.41) is 12.3. The van der Waals surface area contributed by atoms with Crippen LogP contribution >= 0.6 is 0 Å². The summed E-state index contributed by atoms with van der Waals surface area (Å²) in [6, 6.07) is 5.73. The summed E-state index contributed by atoms with van der Waals surface area (Å²) in [5.41, 5.74) is 3.44. The molecule has 0 saturated heterocycles. The van der Waals surface area contributed by atoms with Gasteiger partial charge in [0.05, 0.1) is 0 Å². The summed E-state index contributed by atoms with van der Waals surface area (Å²) in [7, 11) is 1.93. The van der Waals surface area contributed by atoms with Crippen LogP contribution in [0.3, 0.4) is 0 Å². The van der Waals surface area contributed by atoms with Crippen LogP contribution in [0.1, 0.15) is 24.5 Å². The number of hydrogen-bond acceptors (Lipinski definition) is 3. The maximum Gasteiger partial charge on any atom is 0.322 e. The summed E-state index contributed by atoms with van der Waals surface area (Å²) in [4.78, 5) is 13.2. The van der Waals surface area contributed by atoms with Crippen molar-refractivity contribution in [1.82, 2.24) is 5.32 Å². The second-order valence-electron chi connectivity index (χ2n) is 5.07. The highest BCUT2D eigenvalue weighted by atomic mass is 16.4. The van der Waals surface area contributed by atoms with Crippen molar-refractivity contribution in [3.63, 3.8) is 0 Å². The third-order valence-electron chi connectivity index (χ3n) is 3.04. The standard InChI is InChI=1S/C15H24N2O2/c1-5-6-16-14(15(18)19)10-17(4)13-8-11(2)7-12(3)9-13/h7-9,14,16H,5-6,10H2,1-4H3,(H,18,19). The van der Waals surface area contributed by atoms with Gasteiger partial charge < -0.3 is 15.3 Å². The first-order valence-electron chi connectivity index (χ1n) is 6.69. The lowest BCUT2D eigenvalue weighted by Crippen LogP contribution is -2.45. The zero-order valence-electron chi connectivity index (χ0n) is 12.2. The minimum absolute atomic E-state index is 0.457. The molecule has 0 aliphatic rings. The van der Waals surface area contributed by atoms with E-state index in [2.05, 4.69) is 23.5 Å². The maximum absolute atomic E-state index is 11.2. The number of hydrogen-bond donors (Lipinski definition) is 2. The number of rotatable bonds is 7. The molecule has 106 valence electrons. The van der Waals surface area contributed by atoms with Crippen molar-refractivity contribution in [2.75, 3.05) is 25.0 Å². The smallest absolute Gasteiger partial charge is 0.322 e. The quantitative estimate of drug-likeness (QED) is 0.792. The van der Waals surface area contributed by atoms with Crippen molar-refractivity contribution in [2.45, 2.75) is 33.2 Å². The van der Waals surface area contributed by atoms with Crippen LogP contribution in [0, 0.1) is 13.8 Å². The molecular weight excluding hydrogens is 240 g/mol. The second kappa shape index (κ2) is 7.14. The number of aliphatic carboxylic acids is 1. The first-order valence-corrected chi connectivity index (χ1v) is 6.69. The molecule has 0 bridgehead atoms. The van der Waals surface area contributed by atoms with Crippen LogP contribution in [0.4, 0.5) is 5.69 Å². The zero-order valence-corrected chi connectivity index (χ0v) is 12.2. The van der Waals surface area contributed by atoms with E-state index in [1.807, 2.05) is 32.7 Å². The Balaban J connectivity index is 2.75. The molecule has 0 saturated carbocycles. The van der Waals surface area contributed by atoms with Gasteiger partial charge in [0.2, 0.25) is 0 Å². The molecule has 4 heteroatoms. The van der Waals surface area contributed by atoms with E-state index in [4.69, 9.17) is 0 Å². The van der Waals surface area contributed by atoms with E-state index >= 15 is 0 Å². The number of nitrogens with one attached hydrogen (secondary N) is 1. The first kappa shape index (κ1) is 15.5. The van der Waals surface area contributed by atoms with Gasteiger partial charge in [-0.15, -0.1) is 0 Å². The highest BCUT2D eigenvalue weighted by Gasteiger charge is 2.18. The fourth-order valence-electron chi connectivity index (χ4n) is 2.10. The number of carboxylic acid groups (broad SMARTS) is 1. The van der Waals surface area contributed by atoms with Gasteiger partial charge in [-0.2, -0.15) is 0 Å². The summed E-state index contributed by atoms with van der Waals surface area (Å²) in [6.45, 7) is 7.30. The minimum Gasteiger partial charge on any atom is -0.480 e. The van der Waals surface area contributed by atoms with Crippen molar-refractivity contribution in [2.24, 2.45) is 0 Å². The maximum atomic E-state index is 11.2. The van der Waals surface area contributed by atoms with Crippen LogP contribution in [-0.4, -0.2) is 37.3 Å². The molecule has 0 amide bonds. The Kier molecular flexibility index (Phi) is 5.83. The van der Waals surface area contributed by atoms with Gasteiger partial charge in [-0.05, 0) is 50.1 Å². The molecule has 1 atom stereocenters. The number of aryl methyl sites for hydroxylation is 2. The van der Waals surface area contributed by atoms with Crippen LogP contribution < -0.4 is 10.2 Å². The average Bonchev–Trinajstić information content (AvgIpc) is 2.32. The predicted octanol–water partition coefficient (Wildman–Crippen LogP) is 2.19. The van der Waals surface area contributed by atoms with Crippen LogP contribution in [0.25, 0.3) is 0 Å². The lowest BCUT2D eigenvalue weighted by Gasteiger charge is -2.24. The Labute approximate surface area is 115 Å². The van der Waals surface area contributed by atoms with Crippen LogP contribution in [0.5, 0.6) is 0 Å². The molecule has 0 fully saturated rings. The Bertz CT molecular complexity index is 412.